The summed E-state index contributed by atoms with van der Waals surface area (Å²) in [7, 11) is 0. The number of fused-ring (bicyclic) bond motifs is 2. The molecule has 2 saturated heterocycles. The van der Waals surface area contributed by atoms with E-state index in [2.05, 4.69) is 11.1 Å². The molecule has 1 aromatic carbocycles. The first-order chi connectivity index (χ1) is 17.1. The molecule has 190 valence electrons. The first kappa shape index (κ1) is 24.5. The molecule has 3 aliphatic rings. The molecule has 1 saturated carbocycles. The number of likely N-dealkylation sites (tertiary alicyclic amines) is 1. The van der Waals surface area contributed by atoms with Crippen LogP contribution in [0, 0.1) is 29.6 Å². The van der Waals surface area contributed by atoms with Gasteiger partial charge in [0, 0.05) is 37.7 Å². The molecule has 5 nitrogen and oxygen atoms in total. The van der Waals surface area contributed by atoms with Crippen LogP contribution in [0.3, 0.4) is 0 Å². The number of carbonyl (C=O) groups is 2. The lowest BCUT2D eigenvalue weighted by atomic mass is 9.59. The van der Waals surface area contributed by atoms with Gasteiger partial charge < -0.3 is 9.64 Å². The third-order valence-corrected chi connectivity index (χ3v) is 8.14. The lowest BCUT2D eigenvalue weighted by Gasteiger charge is -2.48. The smallest absolute Gasteiger partial charge is 0.416 e. The van der Waals surface area contributed by atoms with E-state index in [0.29, 0.717) is 35.8 Å². The summed E-state index contributed by atoms with van der Waals surface area (Å²) in [6.45, 7) is 4.92. The minimum atomic E-state index is -4.40. The van der Waals surface area contributed by atoms with E-state index in [1.54, 1.807) is 31.3 Å². The van der Waals surface area contributed by atoms with Crippen LogP contribution in [0.5, 0.6) is 0 Å². The van der Waals surface area contributed by atoms with Gasteiger partial charge in [-0.3, -0.25) is 14.6 Å². The molecule has 36 heavy (non-hydrogen) atoms. The molecule has 2 aromatic rings. The number of benzene rings is 1. The lowest BCUT2D eigenvalue weighted by molar-refractivity contribution is -0.144. The van der Waals surface area contributed by atoms with Crippen molar-refractivity contribution in [3.8, 4) is 11.1 Å². The van der Waals surface area contributed by atoms with Gasteiger partial charge in [-0.25, -0.2) is 0 Å². The fourth-order valence-corrected chi connectivity index (χ4v) is 6.40. The van der Waals surface area contributed by atoms with Crippen molar-refractivity contribution in [2.45, 2.75) is 39.0 Å². The largest absolute Gasteiger partial charge is 0.462 e. The molecule has 6 unspecified atom stereocenters. The number of alkyl halides is 3. The van der Waals surface area contributed by atoms with Crippen LogP contribution in [0.1, 0.15) is 37.9 Å². The first-order valence-corrected chi connectivity index (χ1v) is 12.4. The summed E-state index contributed by atoms with van der Waals surface area (Å²) in [4.78, 5) is 30.9. The normalized spacial score (nSPS) is 30.1. The molecular weight excluding hydrogens is 469 g/mol. The van der Waals surface area contributed by atoms with E-state index in [9.17, 15) is 22.8 Å². The summed E-state index contributed by atoms with van der Waals surface area (Å²) < 4.78 is 44.8. The maximum Gasteiger partial charge on any atom is 0.416 e. The number of halogens is 3. The number of hydrogen-bond acceptors (Lipinski definition) is 4. The van der Waals surface area contributed by atoms with E-state index in [1.165, 1.54) is 6.07 Å². The SMILES string of the molecule is CC(=O)N1CCC2C(CC3C(=O)OC(C)C3C2/C=C/c2ccc(-c3cccc(C(F)(F)F)c3)cn2)C1. The number of ether oxygens (including phenoxy) is 1. The molecule has 0 spiro atoms. The highest BCUT2D eigenvalue weighted by Crippen LogP contribution is 2.51. The predicted octanol–water partition coefficient (Wildman–Crippen LogP) is 5.46. The Balaban J connectivity index is 1.38. The van der Waals surface area contributed by atoms with Crippen LogP contribution < -0.4 is 0 Å². The van der Waals surface area contributed by atoms with Crippen LogP contribution in [0.15, 0.2) is 48.7 Å². The van der Waals surface area contributed by atoms with Crippen molar-refractivity contribution in [1.82, 2.24) is 9.88 Å². The Morgan fingerprint density at radius 1 is 1.19 bits per heavy atom. The van der Waals surface area contributed by atoms with Crippen molar-refractivity contribution in [3.63, 3.8) is 0 Å². The van der Waals surface area contributed by atoms with Gasteiger partial charge >= 0.3 is 12.1 Å². The standard InChI is InChI=1S/C28H29F3N2O3/c1-16-26-24(23-10-11-33(17(2)34)15-20(23)13-25(26)27(35)36-16)9-8-22-7-6-19(14-32-22)18-4-3-5-21(12-18)28(29,30)31/h3-9,12,14,16,20,23-26H,10-11,13,15H2,1-2H3/b9-8+. The van der Waals surface area contributed by atoms with Crippen molar-refractivity contribution in [2.75, 3.05) is 13.1 Å². The van der Waals surface area contributed by atoms with Crippen LogP contribution in [-0.4, -0.2) is 41.0 Å². The zero-order valence-corrected chi connectivity index (χ0v) is 20.2. The molecule has 6 atom stereocenters. The Hall–Kier alpha value is -3.16. The number of amides is 1. The summed E-state index contributed by atoms with van der Waals surface area (Å²) in [5, 5.41) is 0. The quantitative estimate of drug-likeness (QED) is 0.527. The van der Waals surface area contributed by atoms with E-state index in [0.717, 1.165) is 25.0 Å². The molecule has 0 bridgehead atoms. The second-order valence-corrected chi connectivity index (χ2v) is 10.2. The van der Waals surface area contributed by atoms with E-state index in [1.807, 2.05) is 17.9 Å². The number of allylic oxidation sites excluding steroid dienone is 1. The van der Waals surface area contributed by atoms with E-state index < -0.39 is 11.7 Å². The summed E-state index contributed by atoms with van der Waals surface area (Å²) in [5.74, 6) is 0.548. The number of rotatable bonds is 3. The number of aromatic nitrogens is 1. The number of hydrogen-bond donors (Lipinski definition) is 0. The molecule has 2 aliphatic heterocycles. The van der Waals surface area contributed by atoms with E-state index in [4.69, 9.17) is 4.74 Å². The van der Waals surface area contributed by atoms with Crippen LogP contribution in [0.2, 0.25) is 0 Å². The molecule has 0 N–H and O–H groups in total. The van der Waals surface area contributed by atoms with Gasteiger partial charge in [-0.05, 0) is 67.4 Å². The molecule has 8 heteroatoms. The van der Waals surface area contributed by atoms with Gasteiger partial charge in [0.05, 0.1) is 17.2 Å². The van der Waals surface area contributed by atoms with Gasteiger partial charge in [-0.2, -0.15) is 13.2 Å². The van der Waals surface area contributed by atoms with Crippen molar-refractivity contribution in [2.24, 2.45) is 29.6 Å². The van der Waals surface area contributed by atoms with Crippen molar-refractivity contribution in [3.05, 3.63) is 59.9 Å². The molecule has 1 aliphatic carbocycles. The van der Waals surface area contributed by atoms with Crippen LogP contribution in [0.25, 0.3) is 17.2 Å². The number of carbonyl (C=O) groups excluding carboxylic acids is 2. The summed E-state index contributed by atoms with van der Waals surface area (Å²) in [6.07, 6.45) is 2.71. The van der Waals surface area contributed by atoms with Crippen molar-refractivity contribution in [1.29, 1.82) is 0 Å². The third-order valence-electron chi connectivity index (χ3n) is 8.14. The summed E-state index contributed by atoms with van der Waals surface area (Å²) >= 11 is 0. The fourth-order valence-electron chi connectivity index (χ4n) is 6.40. The molecule has 3 fully saturated rings. The van der Waals surface area contributed by atoms with Gasteiger partial charge in [0.15, 0.2) is 0 Å². The first-order valence-electron chi connectivity index (χ1n) is 12.4. The average Bonchev–Trinajstić information content (AvgIpc) is 3.14. The second kappa shape index (κ2) is 9.37. The van der Waals surface area contributed by atoms with Crippen LogP contribution >= 0.6 is 0 Å². The van der Waals surface area contributed by atoms with Gasteiger partial charge in [-0.15, -0.1) is 0 Å². The third kappa shape index (κ3) is 4.65. The maximum atomic E-state index is 13.1. The molecule has 3 heterocycles. The molecule has 0 radical (unpaired) electrons. The zero-order valence-electron chi connectivity index (χ0n) is 20.2. The minimum Gasteiger partial charge on any atom is -0.462 e. The Kier molecular flexibility index (Phi) is 6.39. The average molecular weight is 499 g/mol. The number of cyclic esters (lactones) is 1. The monoisotopic (exact) mass is 498 g/mol. The zero-order chi connectivity index (χ0) is 25.6. The Morgan fingerprint density at radius 3 is 2.69 bits per heavy atom. The van der Waals surface area contributed by atoms with Crippen molar-refractivity contribution >= 4 is 18.0 Å². The van der Waals surface area contributed by atoms with Gasteiger partial charge in [0.1, 0.15) is 6.10 Å². The fraction of sp³-hybridized carbons (Fsp3) is 0.464. The lowest BCUT2D eigenvalue weighted by Crippen LogP contribution is -2.51. The minimum absolute atomic E-state index is 0.0649. The number of piperidine rings is 1. The summed E-state index contributed by atoms with van der Waals surface area (Å²) in [6, 6.07) is 8.77. The van der Waals surface area contributed by atoms with E-state index in [-0.39, 0.29) is 41.7 Å². The van der Waals surface area contributed by atoms with Crippen LogP contribution in [0.4, 0.5) is 13.2 Å². The number of pyridine rings is 1. The van der Waals surface area contributed by atoms with Crippen LogP contribution in [-0.2, 0) is 20.5 Å². The molecule has 1 amide bonds. The molecule has 1 aromatic heterocycles. The molecular formula is C28H29F3N2O3. The van der Waals surface area contributed by atoms with Gasteiger partial charge in [-0.1, -0.05) is 24.3 Å². The maximum absolute atomic E-state index is 13.1. The highest BCUT2D eigenvalue weighted by Gasteiger charge is 2.54. The predicted molar refractivity (Wildman–Crippen MR) is 128 cm³/mol. The highest BCUT2D eigenvalue weighted by atomic mass is 19.4. The highest BCUT2D eigenvalue weighted by molar-refractivity contribution is 5.76. The molecule has 5 rings (SSSR count). The van der Waals surface area contributed by atoms with Gasteiger partial charge in [0.2, 0.25) is 5.91 Å². The second-order valence-electron chi connectivity index (χ2n) is 10.2. The Bertz CT molecular complexity index is 1180. The summed E-state index contributed by atoms with van der Waals surface area (Å²) in [5.41, 5.74) is 1.07. The van der Waals surface area contributed by atoms with Crippen molar-refractivity contribution < 1.29 is 27.5 Å². The number of nitrogens with zero attached hydrogens (tertiary/aromatic N) is 2. The van der Waals surface area contributed by atoms with E-state index >= 15 is 0 Å². The topological polar surface area (TPSA) is 59.5 Å². The van der Waals surface area contributed by atoms with Gasteiger partial charge in [0.25, 0.3) is 0 Å². The number of esters is 1. The Labute approximate surface area is 208 Å². The Morgan fingerprint density at radius 2 is 2.00 bits per heavy atom.